The number of aldehydes is 1. The van der Waals surface area contributed by atoms with Crippen LogP contribution in [0.2, 0.25) is 0 Å². The molecule has 0 aliphatic rings. The van der Waals surface area contributed by atoms with Gasteiger partial charge in [0.05, 0.1) is 63.3 Å². The molecule has 11 nitrogen and oxygen atoms in total. The average Bonchev–Trinajstić information content (AvgIpc) is 3.04. The summed E-state index contributed by atoms with van der Waals surface area (Å²) in [4.78, 5) is 23.1. The van der Waals surface area contributed by atoms with Crippen molar-refractivity contribution >= 4 is 12.0 Å². The van der Waals surface area contributed by atoms with E-state index < -0.39 is 17.1 Å². The molecule has 0 unspecified atom stereocenters. The molecule has 7 atom stereocenters. The van der Waals surface area contributed by atoms with Gasteiger partial charge in [0.25, 0.3) is 0 Å². The number of rotatable bonds is 20. The summed E-state index contributed by atoms with van der Waals surface area (Å²) < 4.78 is 40.1. The SMILES string of the molecule is COc1ccc(CO[C@@H](/C(C)=C/[C@H](C)[C@@H](OC)[C@H](C[C@H](C)[C@@H](OC)c2cc(OC)cc([N+](=O)[O-])c2OC)OC)[C@@H](C)C=O)cc1. The van der Waals surface area contributed by atoms with Crippen LogP contribution in [0.1, 0.15) is 51.3 Å². The molecule has 2 rings (SSSR count). The van der Waals surface area contributed by atoms with Gasteiger partial charge >= 0.3 is 5.69 Å². The highest BCUT2D eigenvalue weighted by molar-refractivity contribution is 5.57. The summed E-state index contributed by atoms with van der Waals surface area (Å²) >= 11 is 0. The second-order valence-electron chi connectivity index (χ2n) is 11.2. The average molecular weight is 632 g/mol. The van der Waals surface area contributed by atoms with Crippen molar-refractivity contribution < 1.29 is 42.9 Å². The van der Waals surface area contributed by atoms with Gasteiger partial charge in [-0.3, -0.25) is 10.1 Å². The van der Waals surface area contributed by atoms with E-state index in [9.17, 15) is 14.9 Å². The number of hydrogen-bond donors (Lipinski definition) is 0. The number of carbonyl (C=O) groups excluding carboxylic acids is 1. The van der Waals surface area contributed by atoms with Crippen LogP contribution in [0.5, 0.6) is 17.2 Å². The Kier molecular flexibility index (Phi) is 15.5. The molecule has 0 saturated carbocycles. The summed E-state index contributed by atoms with van der Waals surface area (Å²) in [6.07, 6.45) is 1.73. The summed E-state index contributed by atoms with van der Waals surface area (Å²) in [5.74, 6) is 0.545. The molecule has 0 spiro atoms. The molecule has 0 aliphatic heterocycles. The highest BCUT2D eigenvalue weighted by Gasteiger charge is 2.34. The second-order valence-corrected chi connectivity index (χ2v) is 11.2. The fourth-order valence-electron chi connectivity index (χ4n) is 5.80. The van der Waals surface area contributed by atoms with Gasteiger partial charge in [-0.15, -0.1) is 0 Å². The Labute approximate surface area is 266 Å². The Morgan fingerprint density at radius 3 is 2.00 bits per heavy atom. The summed E-state index contributed by atoms with van der Waals surface area (Å²) in [6, 6.07) is 10.6. The molecule has 0 aliphatic carbocycles. The van der Waals surface area contributed by atoms with Gasteiger partial charge in [-0.2, -0.15) is 0 Å². The zero-order chi connectivity index (χ0) is 33.7. The number of hydrogen-bond acceptors (Lipinski definition) is 10. The van der Waals surface area contributed by atoms with Crippen LogP contribution in [0.4, 0.5) is 5.69 Å². The lowest BCUT2D eigenvalue weighted by atomic mass is 9.86. The third-order valence-electron chi connectivity index (χ3n) is 8.10. The number of carbonyl (C=O) groups is 1. The Morgan fingerprint density at radius 1 is 0.867 bits per heavy atom. The highest BCUT2D eigenvalue weighted by Crippen LogP contribution is 2.43. The van der Waals surface area contributed by atoms with Gasteiger partial charge < -0.3 is 38.0 Å². The summed E-state index contributed by atoms with van der Waals surface area (Å²) in [5.41, 5.74) is 2.17. The van der Waals surface area contributed by atoms with Crippen molar-refractivity contribution in [3.63, 3.8) is 0 Å². The van der Waals surface area contributed by atoms with Crippen molar-refractivity contribution in [1.82, 2.24) is 0 Å². The van der Waals surface area contributed by atoms with E-state index in [2.05, 4.69) is 6.08 Å². The maximum Gasteiger partial charge on any atom is 0.315 e. The fraction of sp³-hybridized carbons (Fsp3) is 0.559. The third kappa shape index (κ3) is 9.99. The number of ether oxygens (including phenoxy) is 7. The number of methoxy groups -OCH3 is 6. The molecule has 45 heavy (non-hydrogen) atoms. The van der Waals surface area contributed by atoms with Gasteiger partial charge in [-0.1, -0.05) is 39.0 Å². The van der Waals surface area contributed by atoms with Crippen LogP contribution in [-0.2, 0) is 30.3 Å². The first kappa shape index (κ1) is 37.7. The molecule has 2 aromatic carbocycles. The zero-order valence-electron chi connectivity index (χ0n) is 28.1. The van der Waals surface area contributed by atoms with Gasteiger partial charge in [-0.05, 0) is 48.6 Å². The number of nitro groups is 1. The second kappa shape index (κ2) is 18.5. The van der Waals surface area contributed by atoms with Crippen LogP contribution in [-0.4, -0.2) is 72.2 Å². The van der Waals surface area contributed by atoms with E-state index in [1.54, 1.807) is 34.5 Å². The highest BCUT2D eigenvalue weighted by atomic mass is 16.6. The molecule has 11 heteroatoms. The molecule has 2 aromatic rings. The van der Waals surface area contributed by atoms with Crippen molar-refractivity contribution in [2.75, 3.05) is 42.7 Å². The van der Waals surface area contributed by atoms with Crippen molar-refractivity contribution in [3.8, 4) is 17.2 Å². The van der Waals surface area contributed by atoms with Crippen LogP contribution in [0.15, 0.2) is 48.0 Å². The summed E-state index contributed by atoms with van der Waals surface area (Å²) in [5, 5.41) is 11.8. The quantitative estimate of drug-likeness (QED) is 0.0705. The van der Waals surface area contributed by atoms with E-state index >= 15 is 0 Å². The maximum atomic E-state index is 11.8. The molecule has 0 heterocycles. The first-order valence-corrected chi connectivity index (χ1v) is 14.9. The monoisotopic (exact) mass is 631 g/mol. The van der Waals surface area contributed by atoms with Crippen LogP contribution >= 0.6 is 0 Å². The van der Waals surface area contributed by atoms with Crippen LogP contribution in [0.3, 0.4) is 0 Å². The van der Waals surface area contributed by atoms with Crippen LogP contribution < -0.4 is 14.2 Å². The summed E-state index contributed by atoms with van der Waals surface area (Å²) in [7, 11) is 9.27. The minimum atomic E-state index is -0.569. The number of nitrogens with zero attached hydrogens (tertiary/aromatic N) is 1. The predicted octanol–water partition coefficient (Wildman–Crippen LogP) is 6.37. The molecule has 0 amide bonds. The lowest BCUT2D eigenvalue weighted by Gasteiger charge is -2.33. The molecule has 0 N–H and O–H groups in total. The first-order valence-electron chi connectivity index (χ1n) is 14.9. The smallest absolute Gasteiger partial charge is 0.315 e. The minimum Gasteiger partial charge on any atom is -0.497 e. The van der Waals surface area contributed by atoms with E-state index in [4.69, 9.17) is 33.2 Å². The van der Waals surface area contributed by atoms with Gasteiger partial charge in [0, 0.05) is 38.7 Å². The Morgan fingerprint density at radius 2 is 1.51 bits per heavy atom. The lowest BCUT2D eigenvalue weighted by Crippen LogP contribution is -2.37. The van der Waals surface area contributed by atoms with Crippen molar-refractivity contribution in [1.29, 1.82) is 0 Å². The molecular weight excluding hydrogens is 582 g/mol. The number of nitro benzene ring substituents is 1. The predicted molar refractivity (Wildman–Crippen MR) is 171 cm³/mol. The normalized spacial score (nSPS) is 16.5. The molecule has 0 aromatic heterocycles. The molecule has 0 radical (unpaired) electrons. The van der Waals surface area contributed by atoms with Gasteiger partial charge in [0.1, 0.15) is 17.8 Å². The molecule has 0 bridgehead atoms. The fourth-order valence-corrected chi connectivity index (χ4v) is 5.80. The molecule has 250 valence electrons. The van der Waals surface area contributed by atoms with Crippen LogP contribution in [0.25, 0.3) is 0 Å². The van der Waals surface area contributed by atoms with E-state index in [1.165, 1.54) is 20.3 Å². The molecular formula is C34H49NO10. The Balaban J connectivity index is 2.30. The topological polar surface area (TPSA) is 125 Å². The van der Waals surface area contributed by atoms with Crippen molar-refractivity contribution in [2.45, 2.75) is 65.1 Å². The van der Waals surface area contributed by atoms with Crippen molar-refractivity contribution in [3.05, 3.63) is 69.3 Å². The van der Waals surface area contributed by atoms with Gasteiger partial charge in [0.2, 0.25) is 5.75 Å². The van der Waals surface area contributed by atoms with Crippen molar-refractivity contribution in [2.24, 2.45) is 17.8 Å². The zero-order valence-corrected chi connectivity index (χ0v) is 28.1. The Hall–Kier alpha value is -3.51. The standard InChI is InChI=1S/C34H49NO10/c1-21(31(24(4)19-36)45-20-25-11-13-26(39-5)14-12-25)15-22(2)33(43-9)30(41-7)16-23(3)32(42-8)28-17-27(40-6)18-29(35(37)38)34(28)44-10/h11-15,17-19,22-24,30-33H,16,20H2,1-10H3/b21-15+/t22-,23-,24-,30-,31-,32+,33+/m0/s1. The molecule has 0 fully saturated rings. The first-order chi connectivity index (χ1) is 21.5. The largest absolute Gasteiger partial charge is 0.497 e. The van der Waals surface area contributed by atoms with E-state index in [1.807, 2.05) is 52.0 Å². The number of benzene rings is 2. The van der Waals surface area contributed by atoms with E-state index in [0.717, 1.165) is 23.2 Å². The van der Waals surface area contributed by atoms with Crippen LogP contribution in [0, 0.1) is 27.9 Å². The minimum absolute atomic E-state index is 0.119. The van der Waals surface area contributed by atoms with Gasteiger partial charge in [0.15, 0.2) is 0 Å². The lowest BCUT2D eigenvalue weighted by molar-refractivity contribution is -0.385. The van der Waals surface area contributed by atoms with E-state index in [0.29, 0.717) is 24.3 Å². The Bertz CT molecular complexity index is 1250. The van der Waals surface area contributed by atoms with E-state index in [-0.39, 0.29) is 41.4 Å². The summed E-state index contributed by atoms with van der Waals surface area (Å²) in [6.45, 7) is 8.14. The third-order valence-corrected chi connectivity index (χ3v) is 8.10. The maximum absolute atomic E-state index is 11.8. The van der Waals surface area contributed by atoms with Gasteiger partial charge in [-0.25, -0.2) is 0 Å². The molecule has 0 saturated heterocycles.